The van der Waals surface area contributed by atoms with E-state index in [-0.39, 0.29) is 11.1 Å². The molecule has 0 N–H and O–H groups in total. The van der Waals surface area contributed by atoms with Crippen LogP contribution in [0.4, 0.5) is 0 Å². The van der Waals surface area contributed by atoms with Crippen molar-refractivity contribution in [1.29, 1.82) is 0 Å². The highest BCUT2D eigenvalue weighted by molar-refractivity contribution is 6.74. The maximum atomic E-state index is 6.43. The van der Waals surface area contributed by atoms with E-state index in [1.54, 1.807) is 0 Å². The topological polar surface area (TPSA) is 9.23 Å². The van der Waals surface area contributed by atoms with Crippen LogP contribution in [-0.4, -0.2) is 8.32 Å². The molecule has 0 saturated carbocycles. The highest BCUT2D eigenvalue weighted by Gasteiger charge is 2.39. The molecule has 0 radical (unpaired) electrons. The Labute approximate surface area is 113 Å². The Hall–Kier alpha value is -1.04. The number of hydrogen-bond acceptors (Lipinski definition) is 1. The lowest BCUT2D eigenvalue weighted by molar-refractivity contribution is 0.189. The molecular formula is C16H24OSi. The van der Waals surface area contributed by atoms with Gasteiger partial charge in [-0.25, -0.2) is 0 Å². The normalized spacial score (nSPS) is 14.0. The van der Waals surface area contributed by atoms with Crippen molar-refractivity contribution in [2.45, 2.75) is 51.4 Å². The third kappa shape index (κ3) is 3.73. The molecule has 0 aromatic heterocycles. The Morgan fingerprint density at radius 3 is 2.22 bits per heavy atom. The fraction of sp³-hybridized carbons (Fsp3) is 0.500. The van der Waals surface area contributed by atoms with Crippen LogP contribution in [0.15, 0.2) is 30.3 Å². The molecular weight excluding hydrogens is 236 g/mol. The first-order chi connectivity index (χ1) is 8.28. The molecule has 2 heteroatoms. The van der Waals surface area contributed by atoms with Gasteiger partial charge in [0.2, 0.25) is 0 Å². The van der Waals surface area contributed by atoms with Gasteiger partial charge in [-0.2, -0.15) is 0 Å². The molecule has 0 aliphatic carbocycles. The summed E-state index contributed by atoms with van der Waals surface area (Å²) in [5.74, 6) is 2.74. The zero-order valence-electron chi connectivity index (χ0n) is 12.2. The summed E-state index contributed by atoms with van der Waals surface area (Å²) in [6, 6.07) is 10.3. The highest BCUT2D eigenvalue weighted by Crippen LogP contribution is 2.40. The van der Waals surface area contributed by atoms with Gasteiger partial charge >= 0.3 is 0 Å². The Kier molecular flexibility index (Phi) is 4.78. The smallest absolute Gasteiger partial charge is 0.192 e. The second-order valence-electron chi connectivity index (χ2n) is 6.19. The largest absolute Gasteiger partial charge is 0.409 e. The van der Waals surface area contributed by atoms with Gasteiger partial charge in [-0.1, -0.05) is 51.1 Å². The molecule has 0 fully saturated rings. The predicted molar refractivity (Wildman–Crippen MR) is 80.9 cm³/mol. The molecule has 0 aliphatic rings. The van der Waals surface area contributed by atoms with E-state index >= 15 is 0 Å². The summed E-state index contributed by atoms with van der Waals surface area (Å²) >= 11 is 0. The third-order valence-corrected chi connectivity index (χ3v) is 8.20. The maximum absolute atomic E-state index is 6.43. The third-order valence-electron chi connectivity index (χ3n) is 3.72. The number of benzene rings is 1. The van der Waals surface area contributed by atoms with Crippen LogP contribution in [0, 0.1) is 12.3 Å². The molecule has 98 valence electrons. The van der Waals surface area contributed by atoms with Crippen molar-refractivity contribution >= 4 is 8.32 Å². The van der Waals surface area contributed by atoms with Crippen LogP contribution in [0.25, 0.3) is 0 Å². The molecule has 1 atom stereocenters. The van der Waals surface area contributed by atoms with Crippen molar-refractivity contribution in [1.82, 2.24) is 0 Å². The molecule has 1 aromatic rings. The lowest BCUT2D eigenvalue weighted by Crippen LogP contribution is -2.41. The van der Waals surface area contributed by atoms with Crippen molar-refractivity contribution < 1.29 is 4.43 Å². The monoisotopic (exact) mass is 260 g/mol. The Bertz CT molecular complexity index is 409. The maximum Gasteiger partial charge on any atom is 0.192 e. The minimum Gasteiger partial charge on any atom is -0.409 e. The van der Waals surface area contributed by atoms with E-state index in [0.29, 0.717) is 6.42 Å². The summed E-state index contributed by atoms with van der Waals surface area (Å²) in [6.45, 7) is 11.3. The van der Waals surface area contributed by atoms with Crippen LogP contribution in [0.1, 0.15) is 38.9 Å². The lowest BCUT2D eigenvalue weighted by atomic mass is 10.1. The van der Waals surface area contributed by atoms with Crippen LogP contribution in [0.5, 0.6) is 0 Å². The SMILES string of the molecule is C#CCC(O[Si](C)(C)C(C)(C)C)c1ccccc1. The second kappa shape index (κ2) is 5.73. The zero-order valence-corrected chi connectivity index (χ0v) is 13.2. The van der Waals surface area contributed by atoms with Crippen LogP contribution in [0.2, 0.25) is 18.1 Å². The zero-order chi connectivity index (χ0) is 13.8. The average Bonchev–Trinajstić information content (AvgIpc) is 2.28. The van der Waals surface area contributed by atoms with E-state index in [1.807, 2.05) is 18.2 Å². The molecule has 1 aromatic carbocycles. The van der Waals surface area contributed by atoms with Crippen LogP contribution in [-0.2, 0) is 4.43 Å². The molecule has 18 heavy (non-hydrogen) atoms. The van der Waals surface area contributed by atoms with E-state index < -0.39 is 8.32 Å². The summed E-state index contributed by atoms with van der Waals surface area (Å²) in [6.07, 6.45) is 6.14. The van der Waals surface area contributed by atoms with E-state index in [0.717, 1.165) is 0 Å². The fourth-order valence-corrected chi connectivity index (χ4v) is 2.82. The predicted octanol–water partition coefficient (Wildman–Crippen LogP) is 4.77. The Balaban J connectivity index is 2.93. The summed E-state index contributed by atoms with van der Waals surface area (Å²) in [4.78, 5) is 0. The summed E-state index contributed by atoms with van der Waals surface area (Å²) < 4.78 is 6.43. The minimum absolute atomic E-state index is 0.0251. The molecule has 0 saturated heterocycles. The van der Waals surface area contributed by atoms with Gasteiger partial charge in [-0.3, -0.25) is 0 Å². The molecule has 0 aliphatic heterocycles. The molecule has 1 rings (SSSR count). The first-order valence-corrected chi connectivity index (χ1v) is 9.35. The molecule has 1 nitrogen and oxygen atoms in total. The van der Waals surface area contributed by atoms with Gasteiger partial charge in [0.15, 0.2) is 8.32 Å². The van der Waals surface area contributed by atoms with Crippen LogP contribution < -0.4 is 0 Å². The first kappa shape index (κ1) is 15.0. The van der Waals surface area contributed by atoms with E-state index in [2.05, 4.69) is 51.9 Å². The fourth-order valence-electron chi connectivity index (χ4n) is 1.53. The summed E-state index contributed by atoms with van der Waals surface area (Å²) in [7, 11) is -1.78. The van der Waals surface area contributed by atoms with Gasteiger partial charge in [0, 0.05) is 6.42 Å². The molecule has 0 bridgehead atoms. The van der Waals surface area contributed by atoms with E-state index in [1.165, 1.54) is 5.56 Å². The van der Waals surface area contributed by atoms with Crippen molar-refractivity contribution in [2.75, 3.05) is 0 Å². The number of rotatable bonds is 4. The van der Waals surface area contributed by atoms with Crippen molar-refractivity contribution in [2.24, 2.45) is 0 Å². The van der Waals surface area contributed by atoms with Crippen LogP contribution in [0.3, 0.4) is 0 Å². The lowest BCUT2D eigenvalue weighted by Gasteiger charge is -2.39. The second-order valence-corrected chi connectivity index (χ2v) is 10.9. The Morgan fingerprint density at radius 1 is 1.22 bits per heavy atom. The van der Waals surface area contributed by atoms with Gasteiger partial charge < -0.3 is 4.43 Å². The average molecular weight is 260 g/mol. The molecule has 0 heterocycles. The van der Waals surface area contributed by atoms with Gasteiger partial charge in [0.05, 0.1) is 6.10 Å². The van der Waals surface area contributed by atoms with Crippen LogP contribution >= 0.6 is 0 Å². The Morgan fingerprint density at radius 2 is 1.78 bits per heavy atom. The first-order valence-electron chi connectivity index (χ1n) is 6.44. The van der Waals surface area contributed by atoms with Gasteiger partial charge in [0.25, 0.3) is 0 Å². The van der Waals surface area contributed by atoms with Gasteiger partial charge in [-0.05, 0) is 23.7 Å². The molecule has 0 spiro atoms. The van der Waals surface area contributed by atoms with E-state index in [9.17, 15) is 0 Å². The summed E-state index contributed by atoms with van der Waals surface area (Å²) in [5, 5.41) is 0.203. The van der Waals surface area contributed by atoms with E-state index in [4.69, 9.17) is 10.8 Å². The van der Waals surface area contributed by atoms with Gasteiger partial charge in [0.1, 0.15) is 0 Å². The van der Waals surface area contributed by atoms with Crippen molar-refractivity contribution in [3.05, 3.63) is 35.9 Å². The summed E-state index contributed by atoms with van der Waals surface area (Å²) in [5.41, 5.74) is 1.18. The molecule has 1 unspecified atom stereocenters. The quantitative estimate of drug-likeness (QED) is 0.559. The standard InChI is InChI=1S/C16H24OSi/c1-7-11-15(14-12-9-8-10-13-14)17-18(5,6)16(2,3)4/h1,8-10,12-13,15H,11H2,2-6H3. The molecule has 0 amide bonds. The van der Waals surface area contributed by atoms with Crippen molar-refractivity contribution in [3.8, 4) is 12.3 Å². The number of hydrogen-bond donors (Lipinski definition) is 0. The van der Waals surface area contributed by atoms with Crippen molar-refractivity contribution in [3.63, 3.8) is 0 Å². The highest BCUT2D eigenvalue weighted by atomic mass is 28.4. The number of terminal acetylenes is 1. The van der Waals surface area contributed by atoms with Gasteiger partial charge in [-0.15, -0.1) is 12.3 Å². The minimum atomic E-state index is -1.78.